The second-order valence-corrected chi connectivity index (χ2v) is 4.93. The molecule has 3 unspecified atom stereocenters. The van der Waals surface area contributed by atoms with Gasteiger partial charge in [-0.3, -0.25) is 0 Å². The zero-order valence-corrected chi connectivity index (χ0v) is 9.41. The second kappa shape index (κ2) is 3.65. The highest BCUT2D eigenvalue weighted by molar-refractivity contribution is 5.80. The van der Waals surface area contributed by atoms with Crippen LogP contribution in [0.25, 0.3) is 0 Å². The van der Waals surface area contributed by atoms with Gasteiger partial charge in [0, 0.05) is 11.7 Å². The van der Waals surface area contributed by atoms with E-state index in [1.165, 1.54) is 0 Å². The number of piperidine rings is 1. The minimum absolute atomic E-state index is 0.213. The van der Waals surface area contributed by atoms with Crippen LogP contribution in [-0.4, -0.2) is 28.3 Å². The summed E-state index contributed by atoms with van der Waals surface area (Å²) in [6.07, 6.45) is 3.09. The van der Waals surface area contributed by atoms with Crippen LogP contribution in [0, 0.1) is 5.92 Å². The molecule has 0 aromatic heterocycles. The highest BCUT2D eigenvalue weighted by Crippen LogP contribution is 2.45. The fourth-order valence-electron chi connectivity index (χ4n) is 3.30. The maximum atomic E-state index is 11.4. The summed E-state index contributed by atoms with van der Waals surface area (Å²) in [5, 5.41) is 18.6. The Morgan fingerprint density at radius 1 is 1.24 bits per heavy atom. The van der Waals surface area contributed by atoms with Crippen molar-refractivity contribution in [3.8, 4) is 5.75 Å². The Kier molecular flexibility index (Phi) is 2.24. The van der Waals surface area contributed by atoms with E-state index in [0.29, 0.717) is 6.04 Å². The predicted octanol–water partition coefficient (Wildman–Crippen LogP) is 1.83. The molecule has 1 aromatic rings. The molecule has 3 rings (SSSR count). The number of rotatable bonds is 2. The summed E-state index contributed by atoms with van der Waals surface area (Å²) in [7, 11) is 0. The molecule has 90 valence electrons. The van der Waals surface area contributed by atoms with Gasteiger partial charge >= 0.3 is 5.97 Å². The van der Waals surface area contributed by atoms with Crippen molar-refractivity contribution in [2.24, 2.45) is 5.92 Å². The lowest BCUT2D eigenvalue weighted by atomic mass is 9.98. The van der Waals surface area contributed by atoms with E-state index >= 15 is 0 Å². The molecule has 4 nitrogen and oxygen atoms in total. The van der Waals surface area contributed by atoms with E-state index in [1.54, 1.807) is 24.3 Å². The molecule has 2 N–H and O–H groups in total. The number of carboxylic acid groups (broad SMARTS) is 1. The van der Waals surface area contributed by atoms with Crippen molar-refractivity contribution in [1.82, 2.24) is 0 Å². The SMILES string of the molecule is O=C(O)C1C2CCC(C2)N1c1ccc(O)cc1. The molecule has 2 aliphatic rings. The van der Waals surface area contributed by atoms with E-state index in [0.717, 1.165) is 24.9 Å². The molecule has 2 bridgehead atoms. The van der Waals surface area contributed by atoms with Gasteiger partial charge in [-0.25, -0.2) is 4.79 Å². The number of anilines is 1. The average Bonchev–Trinajstić information content (AvgIpc) is 2.89. The van der Waals surface area contributed by atoms with Gasteiger partial charge in [0.05, 0.1) is 0 Å². The fourth-order valence-corrected chi connectivity index (χ4v) is 3.30. The maximum Gasteiger partial charge on any atom is 0.326 e. The number of phenols is 1. The highest BCUT2D eigenvalue weighted by Gasteiger charge is 2.49. The monoisotopic (exact) mass is 233 g/mol. The summed E-state index contributed by atoms with van der Waals surface area (Å²) in [6, 6.07) is 6.78. The van der Waals surface area contributed by atoms with Crippen LogP contribution in [0.15, 0.2) is 24.3 Å². The van der Waals surface area contributed by atoms with Crippen LogP contribution in [0.1, 0.15) is 19.3 Å². The fraction of sp³-hybridized carbons (Fsp3) is 0.462. The van der Waals surface area contributed by atoms with Crippen LogP contribution >= 0.6 is 0 Å². The zero-order valence-electron chi connectivity index (χ0n) is 9.41. The van der Waals surface area contributed by atoms with Crippen molar-refractivity contribution in [3.63, 3.8) is 0 Å². The molecule has 17 heavy (non-hydrogen) atoms. The number of aromatic hydroxyl groups is 1. The third kappa shape index (κ3) is 1.55. The predicted molar refractivity (Wildman–Crippen MR) is 63.1 cm³/mol. The minimum Gasteiger partial charge on any atom is -0.508 e. The van der Waals surface area contributed by atoms with Crippen molar-refractivity contribution in [3.05, 3.63) is 24.3 Å². The summed E-state index contributed by atoms with van der Waals surface area (Å²) in [4.78, 5) is 13.4. The Hall–Kier alpha value is -1.71. The van der Waals surface area contributed by atoms with E-state index in [-0.39, 0.29) is 11.7 Å². The van der Waals surface area contributed by atoms with Crippen LogP contribution in [0.2, 0.25) is 0 Å². The number of fused-ring (bicyclic) bond motifs is 2. The molecule has 3 atom stereocenters. The number of aliphatic carboxylic acids is 1. The van der Waals surface area contributed by atoms with Gasteiger partial charge in [0.15, 0.2) is 0 Å². The lowest BCUT2D eigenvalue weighted by Crippen LogP contribution is -2.45. The molecule has 1 aliphatic heterocycles. The van der Waals surface area contributed by atoms with Gasteiger partial charge in [0.1, 0.15) is 11.8 Å². The molecule has 1 aromatic carbocycles. The van der Waals surface area contributed by atoms with Crippen LogP contribution in [0.5, 0.6) is 5.75 Å². The van der Waals surface area contributed by atoms with Crippen molar-refractivity contribution >= 4 is 11.7 Å². The summed E-state index contributed by atoms with van der Waals surface area (Å²) in [6.45, 7) is 0. The van der Waals surface area contributed by atoms with Gasteiger partial charge in [-0.05, 0) is 49.4 Å². The summed E-state index contributed by atoms with van der Waals surface area (Å²) in [5.74, 6) is -0.235. The molecule has 4 heteroatoms. The summed E-state index contributed by atoms with van der Waals surface area (Å²) in [5.41, 5.74) is 0.905. The van der Waals surface area contributed by atoms with Crippen molar-refractivity contribution < 1.29 is 15.0 Å². The zero-order chi connectivity index (χ0) is 12.0. The quantitative estimate of drug-likeness (QED) is 0.818. The Bertz CT molecular complexity index is 442. The first-order valence-electron chi connectivity index (χ1n) is 5.97. The Balaban J connectivity index is 1.95. The average molecular weight is 233 g/mol. The Labute approximate surface area is 99.5 Å². The van der Waals surface area contributed by atoms with Gasteiger partial charge in [-0.1, -0.05) is 0 Å². The molecule has 2 fully saturated rings. The third-order valence-corrected chi connectivity index (χ3v) is 3.99. The van der Waals surface area contributed by atoms with E-state index in [1.807, 2.05) is 4.90 Å². The van der Waals surface area contributed by atoms with Gasteiger partial charge in [0.2, 0.25) is 0 Å². The van der Waals surface area contributed by atoms with E-state index in [2.05, 4.69) is 0 Å². The molecular weight excluding hydrogens is 218 g/mol. The summed E-state index contributed by atoms with van der Waals surface area (Å²) >= 11 is 0. The Morgan fingerprint density at radius 3 is 2.59 bits per heavy atom. The molecule has 0 amide bonds. The number of carbonyl (C=O) groups is 1. The van der Waals surface area contributed by atoms with Crippen molar-refractivity contribution in [1.29, 1.82) is 0 Å². The molecular formula is C13H15NO3. The smallest absolute Gasteiger partial charge is 0.326 e. The Morgan fingerprint density at radius 2 is 1.94 bits per heavy atom. The largest absolute Gasteiger partial charge is 0.508 e. The van der Waals surface area contributed by atoms with E-state index in [9.17, 15) is 15.0 Å². The number of hydrogen-bond donors (Lipinski definition) is 2. The molecule has 1 aliphatic carbocycles. The van der Waals surface area contributed by atoms with E-state index in [4.69, 9.17) is 0 Å². The van der Waals surface area contributed by atoms with Crippen LogP contribution in [0.4, 0.5) is 5.69 Å². The number of carboxylic acids is 1. The van der Waals surface area contributed by atoms with Crippen LogP contribution in [-0.2, 0) is 4.79 Å². The maximum absolute atomic E-state index is 11.4. The molecule has 1 heterocycles. The van der Waals surface area contributed by atoms with Crippen LogP contribution in [0.3, 0.4) is 0 Å². The number of phenolic OH excluding ortho intramolecular Hbond substituents is 1. The number of hydrogen-bond acceptors (Lipinski definition) is 3. The second-order valence-electron chi connectivity index (χ2n) is 4.93. The summed E-state index contributed by atoms with van der Waals surface area (Å²) < 4.78 is 0. The topological polar surface area (TPSA) is 60.8 Å². The first kappa shape index (κ1) is 10.4. The minimum atomic E-state index is -0.731. The van der Waals surface area contributed by atoms with Crippen molar-refractivity contribution in [2.45, 2.75) is 31.3 Å². The molecule has 1 saturated heterocycles. The number of benzene rings is 1. The standard InChI is InChI=1S/C13H15NO3/c15-11-5-3-9(4-6-11)14-10-2-1-8(7-10)12(14)13(16)17/h3-6,8,10,12,15H,1-2,7H2,(H,16,17). The van der Waals surface area contributed by atoms with Gasteiger partial charge < -0.3 is 15.1 Å². The molecule has 0 radical (unpaired) electrons. The van der Waals surface area contributed by atoms with Crippen molar-refractivity contribution in [2.75, 3.05) is 4.90 Å². The molecule has 1 saturated carbocycles. The number of nitrogens with zero attached hydrogens (tertiary/aromatic N) is 1. The first-order chi connectivity index (χ1) is 8.16. The third-order valence-electron chi connectivity index (χ3n) is 3.99. The van der Waals surface area contributed by atoms with E-state index < -0.39 is 12.0 Å². The van der Waals surface area contributed by atoms with Crippen LogP contribution < -0.4 is 4.90 Å². The van der Waals surface area contributed by atoms with Gasteiger partial charge in [-0.15, -0.1) is 0 Å². The molecule has 0 spiro atoms. The van der Waals surface area contributed by atoms with Gasteiger partial charge in [-0.2, -0.15) is 0 Å². The lowest BCUT2D eigenvalue weighted by molar-refractivity contribution is -0.139. The lowest BCUT2D eigenvalue weighted by Gasteiger charge is -2.34. The highest BCUT2D eigenvalue weighted by atomic mass is 16.4. The first-order valence-corrected chi connectivity index (χ1v) is 5.97. The van der Waals surface area contributed by atoms with Gasteiger partial charge in [0.25, 0.3) is 0 Å². The normalized spacial score (nSPS) is 30.8.